The molecule has 194 valence electrons. The maximum absolute atomic E-state index is 14.2. The van der Waals surface area contributed by atoms with Crippen molar-refractivity contribution in [3.63, 3.8) is 0 Å². The standard InChI is InChI=1S/C27H27ClFN3O3S2/c1-17-13-21(35-4)10-9-20(17)16-32(27-30-11-12-36-27)37(33,34)26-15-23(28)25(14-18(26)2)31-19(3)22-7-5-6-8-24(22)29/h5-15,19,31H,16H2,1-4H3/t19-/m0/s1. The van der Waals surface area contributed by atoms with Crippen LogP contribution >= 0.6 is 22.9 Å². The summed E-state index contributed by atoms with van der Waals surface area (Å²) >= 11 is 7.80. The Bertz CT molecular complexity index is 1510. The van der Waals surface area contributed by atoms with E-state index in [1.165, 1.54) is 27.8 Å². The molecule has 0 fully saturated rings. The fourth-order valence-corrected chi connectivity index (χ4v) is 6.82. The lowest BCUT2D eigenvalue weighted by Gasteiger charge is -2.25. The first-order valence-electron chi connectivity index (χ1n) is 11.5. The molecule has 0 unspecified atom stereocenters. The van der Waals surface area contributed by atoms with E-state index in [4.69, 9.17) is 16.3 Å². The maximum Gasteiger partial charge on any atom is 0.266 e. The monoisotopic (exact) mass is 559 g/mol. The number of sulfonamides is 1. The zero-order valence-electron chi connectivity index (χ0n) is 20.8. The van der Waals surface area contributed by atoms with Crippen molar-refractivity contribution in [2.75, 3.05) is 16.7 Å². The second-order valence-electron chi connectivity index (χ2n) is 8.60. The molecule has 1 N–H and O–H groups in total. The number of hydrogen-bond acceptors (Lipinski definition) is 6. The molecule has 37 heavy (non-hydrogen) atoms. The third-order valence-corrected chi connectivity index (χ3v) is 9.17. The number of benzene rings is 3. The summed E-state index contributed by atoms with van der Waals surface area (Å²) in [5.74, 6) is 0.364. The van der Waals surface area contributed by atoms with Gasteiger partial charge < -0.3 is 10.1 Å². The molecule has 0 saturated carbocycles. The molecule has 0 saturated heterocycles. The topological polar surface area (TPSA) is 71.5 Å². The van der Waals surface area contributed by atoms with Gasteiger partial charge in [0, 0.05) is 17.1 Å². The van der Waals surface area contributed by atoms with E-state index in [9.17, 15) is 12.8 Å². The number of nitrogens with one attached hydrogen (secondary N) is 1. The molecule has 0 aliphatic carbocycles. The summed E-state index contributed by atoms with van der Waals surface area (Å²) in [5.41, 5.74) is 3.21. The number of thiazole rings is 1. The molecule has 1 aromatic heterocycles. The van der Waals surface area contributed by atoms with Crippen LogP contribution in [-0.4, -0.2) is 20.5 Å². The first kappa shape index (κ1) is 26.9. The fourth-order valence-electron chi connectivity index (χ4n) is 4.03. The van der Waals surface area contributed by atoms with Gasteiger partial charge in [0.05, 0.1) is 35.3 Å². The number of hydrogen-bond donors (Lipinski definition) is 1. The Balaban J connectivity index is 1.69. The van der Waals surface area contributed by atoms with Gasteiger partial charge in [-0.3, -0.25) is 0 Å². The molecule has 3 aromatic carbocycles. The van der Waals surface area contributed by atoms with Crippen LogP contribution < -0.4 is 14.4 Å². The summed E-state index contributed by atoms with van der Waals surface area (Å²) in [7, 11) is -2.45. The Labute approximate surface area is 225 Å². The minimum Gasteiger partial charge on any atom is -0.497 e. The second kappa shape index (κ2) is 11.1. The summed E-state index contributed by atoms with van der Waals surface area (Å²) in [4.78, 5) is 4.35. The van der Waals surface area contributed by atoms with E-state index < -0.39 is 10.0 Å². The summed E-state index contributed by atoms with van der Waals surface area (Å²) in [6.07, 6.45) is 1.57. The molecule has 6 nitrogen and oxygen atoms in total. The van der Waals surface area contributed by atoms with Gasteiger partial charge in [-0.15, -0.1) is 11.3 Å². The lowest BCUT2D eigenvalue weighted by atomic mass is 10.1. The molecule has 0 spiro atoms. The van der Waals surface area contributed by atoms with Crippen LogP contribution in [0.5, 0.6) is 5.75 Å². The number of aromatic nitrogens is 1. The number of nitrogens with zero attached hydrogens (tertiary/aromatic N) is 2. The highest BCUT2D eigenvalue weighted by Crippen LogP contribution is 2.35. The van der Waals surface area contributed by atoms with Crippen LogP contribution in [0.4, 0.5) is 15.2 Å². The molecule has 0 radical (unpaired) electrons. The lowest BCUT2D eigenvalue weighted by Crippen LogP contribution is -2.31. The zero-order valence-corrected chi connectivity index (χ0v) is 23.2. The molecule has 4 aromatic rings. The van der Waals surface area contributed by atoms with Crippen molar-refractivity contribution in [2.45, 2.75) is 38.3 Å². The molecule has 0 aliphatic heterocycles. The maximum atomic E-state index is 14.2. The first-order chi connectivity index (χ1) is 17.6. The number of rotatable bonds is 9. The van der Waals surface area contributed by atoms with Gasteiger partial charge in [-0.25, -0.2) is 22.1 Å². The third-order valence-electron chi connectivity index (χ3n) is 6.07. The Morgan fingerprint density at radius 3 is 2.54 bits per heavy atom. The van der Waals surface area contributed by atoms with Crippen LogP contribution in [0, 0.1) is 19.7 Å². The van der Waals surface area contributed by atoms with Crippen LogP contribution in [-0.2, 0) is 16.6 Å². The molecule has 1 atom stereocenters. The fraction of sp³-hybridized carbons (Fsp3) is 0.222. The summed E-state index contributed by atoms with van der Waals surface area (Å²) < 4.78 is 48.8. The summed E-state index contributed by atoms with van der Waals surface area (Å²) in [6.45, 7) is 5.52. The van der Waals surface area contributed by atoms with Crippen molar-refractivity contribution < 1.29 is 17.5 Å². The van der Waals surface area contributed by atoms with Gasteiger partial charge >= 0.3 is 0 Å². The van der Waals surface area contributed by atoms with Crippen molar-refractivity contribution in [1.29, 1.82) is 0 Å². The number of methoxy groups -OCH3 is 1. The quantitative estimate of drug-likeness (QED) is 0.236. The first-order valence-corrected chi connectivity index (χ1v) is 14.2. The van der Waals surface area contributed by atoms with E-state index in [-0.39, 0.29) is 28.3 Å². The predicted molar refractivity (Wildman–Crippen MR) is 148 cm³/mol. The largest absolute Gasteiger partial charge is 0.497 e. The number of halogens is 2. The number of ether oxygens (including phenoxy) is 1. The normalized spacial score (nSPS) is 12.3. The smallest absolute Gasteiger partial charge is 0.266 e. The van der Waals surface area contributed by atoms with Crippen molar-refractivity contribution in [3.05, 3.63) is 99.3 Å². The summed E-state index contributed by atoms with van der Waals surface area (Å²) in [6, 6.07) is 14.7. The van der Waals surface area contributed by atoms with Crippen molar-refractivity contribution in [2.24, 2.45) is 0 Å². The van der Waals surface area contributed by atoms with Gasteiger partial charge in [0.2, 0.25) is 0 Å². The molecule has 0 aliphatic rings. The average Bonchev–Trinajstić information content (AvgIpc) is 3.39. The van der Waals surface area contributed by atoms with Crippen LogP contribution in [0.3, 0.4) is 0 Å². The average molecular weight is 560 g/mol. The van der Waals surface area contributed by atoms with E-state index in [0.717, 1.165) is 11.1 Å². The third kappa shape index (κ3) is 5.74. The zero-order chi connectivity index (χ0) is 26.7. The Morgan fingerprint density at radius 1 is 1.14 bits per heavy atom. The van der Waals surface area contributed by atoms with Gasteiger partial charge in [-0.05, 0) is 67.8 Å². The van der Waals surface area contributed by atoms with Crippen LogP contribution in [0.2, 0.25) is 5.02 Å². The van der Waals surface area contributed by atoms with Gasteiger partial charge in [-0.2, -0.15) is 0 Å². The Kier molecular flexibility index (Phi) is 8.06. The number of anilines is 2. The van der Waals surface area contributed by atoms with Gasteiger partial charge in [0.25, 0.3) is 10.0 Å². The summed E-state index contributed by atoms with van der Waals surface area (Å²) in [5, 5.41) is 5.49. The van der Waals surface area contributed by atoms with Crippen molar-refractivity contribution in [3.8, 4) is 5.75 Å². The van der Waals surface area contributed by atoms with Gasteiger partial charge in [0.15, 0.2) is 5.13 Å². The van der Waals surface area contributed by atoms with E-state index in [1.54, 1.807) is 55.9 Å². The second-order valence-corrected chi connectivity index (χ2v) is 11.7. The van der Waals surface area contributed by atoms with Crippen LogP contribution in [0.25, 0.3) is 0 Å². The molecule has 10 heteroatoms. The van der Waals surface area contributed by atoms with E-state index in [2.05, 4.69) is 10.3 Å². The molecule has 4 rings (SSSR count). The van der Waals surface area contributed by atoms with Gasteiger partial charge in [-0.1, -0.05) is 35.9 Å². The van der Waals surface area contributed by atoms with Crippen molar-refractivity contribution in [1.82, 2.24) is 4.98 Å². The Hall–Kier alpha value is -3.14. The van der Waals surface area contributed by atoms with Gasteiger partial charge in [0.1, 0.15) is 11.6 Å². The minimum absolute atomic E-state index is 0.0722. The van der Waals surface area contributed by atoms with E-state index >= 15 is 0 Å². The molecular formula is C27H27ClFN3O3S2. The van der Waals surface area contributed by atoms with Crippen LogP contribution in [0.15, 0.2) is 71.1 Å². The molecule has 1 heterocycles. The highest BCUT2D eigenvalue weighted by atomic mass is 35.5. The minimum atomic E-state index is -4.03. The van der Waals surface area contributed by atoms with E-state index in [0.29, 0.717) is 27.7 Å². The highest BCUT2D eigenvalue weighted by Gasteiger charge is 2.30. The SMILES string of the molecule is COc1ccc(CN(c2nccs2)S(=O)(=O)c2cc(Cl)c(N[C@@H](C)c3ccccc3F)cc2C)c(C)c1. The molecular weight excluding hydrogens is 533 g/mol. The highest BCUT2D eigenvalue weighted by molar-refractivity contribution is 7.93. The molecule has 0 amide bonds. The van der Waals surface area contributed by atoms with Crippen LogP contribution in [0.1, 0.15) is 35.2 Å². The predicted octanol–water partition coefficient (Wildman–Crippen LogP) is 7.13. The van der Waals surface area contributed by atoms with Crippen molar-refractivity contribution >= 4 is 43.8 Å². The lowest BCUT2D eigenvalue weighted by molar-refractivity contribution is 0.414. The molecule has 0 bridgehead atoms. The number of aryl methyl sites for hydroxylation is 2. The Morgan fingerprint density at radius 2 is 1.89 bits per heavy atom. The van der Waals surface area contributed by atoms with E-state index in [1.807, 2.05) is 26.0 Å².